The summed E-state index contributed by atoms with van der Waals surface area (Å²) in [7, 11) is 0. The van der Waals surface area contributed by atoms with Crippen molar-refractivity contribution in [3.63, 3.8) is 0 Å². The molecular formula is C19H25NO. The van der Waals surface area contributed by atoms with Crippen LogP contribution in [0.25, 0.3) is 0 Å². The summed E-state index contributed by atoms with van der Waals surface area (Å²) in [5, 5.41) is 0. The van der Waals surface area contributed by atoms with Crippen molar-refractivity contribution in [2.75, 3.05) is 12.3 Å². The highest BCUT2D eigenvalue weighted by molar-refractivity contribution is 5.46. The molecule has 0 radical (unpaired) electrons. The molecule has 0 heterocycles. The first-order valence-electron chi connectivity index (χ1n) is 7.45. The Balaban J connectivity index is 2.00. The van der Waals surface area contributed by atoms with E-state index in [4.69, 9.17) is 10.5 Å². The molecule has 0 atom stereocenters. The molecule has 2 N–H and O–H groups in total. The minimum atomic E-state index is 0.168. The molecule has 2 nitrogen and oxygen atoms in total. The number of para-hydroxylation sites is 1. The van der Waals surface area contributed by atoms with Crippen LogP contribution in [0.3, 0.4) is 0 Å². The van der Waals surface area contributed by atoms with Crippen LogP contribution in [0.2, 0.25) is 0 Å². The predicted octanol–water partition coefficient (Wildman–Crippen LogP) is 4.50. The summed E-state index contributed by atoms with van der Waals surface area (Å²) < 4.78 is 5.91. The molecule has 2 aromatic carbocycles. The molecule has 112 valence electrons. The molecule has 0 aromatic heterocycles. The van der Waals surface area contributed by atoms with E-state index in [1.165, 1.54) is 11.1 Å². The monoisotopic (exact) mass is 283 g/mol. The molecule has 0 saturated carbocycles. The van der Waals surface area contributed by atoms with Gasteiger partial charge in [0.25, 0.3) is 0 Å². The van der Waals surface area contributed by atoms with Crippen LogP contribution in [-0.4, -0.2) is 6.61 Å². The van der Waals surface area contributed by atoms with Crippen LogP contribution in [0.1, 0.15) is 37.5 Å². The molecule has 0 spiro atoms. The number of rotatable bonds is 4. The fourth-order valence-electron chi connectivity index (χ4n) is 2.31. The normalized spacial score (nSPS) is 11.4. The summed E-state index contributed by atoms with van der Waals surface area (Å²) in [5.74, 6) is 0.956. The van der Waals surface area contributed by atoms with E-state index in [2.05, 4.69) is 45.9 Å². The van der Waals surface area contributed by atoms with Gasteiger partial charge < -0.3 is 10.5 Å². The van der Waals surface area contributed by atoms with Gasteiger partial charge in [0.15, 0.2) is 0 Å². The number of aryl methyl sites for hydroxylation is 1. The Morgan fingerprint density at radius 3 is 2.38 bits per heavy atom. The van der Waals surface area contributed by atoms with Crippen molar-refractivity contribution in [3.8, 4) is 5.75 Å². The van der Waals surface area contributed by atoms with Crippen LogP contribution in [0.15, 0.2) is 42.5 Å². The van der Waals surface area contributed by atoms with Gasteiger partial charge in [-0.2, -0.15) is 0 Å². The number of nitrogens with two attached hydrogens (primary N) is 1. The molecule has 0 aliphatic heterocycles. The van der Waals surface area contributed by atoms with Crippen LogP contribution < -0.4 is 10.5 Å². The van der Waals surface area contributed by atoms with Crippen molar-refractivity contribution in [1.82, 2.24) is 0 Å². The maximum Gasteiger partial charge on any atom is 0.122 e. The van der Waals surface area contributed by atoms with E-state index in [1.807, 2.05) is 24.3 Å². The summed E-state index contributed by atoms with van der Waals surface area (Å²) in [6.45, 7) is 9.41. The van der Waals surface area contributed by atoms with Crippen LogP contribution >= 0.6 is 0 Å². The quantitative estimate of drug-likeness (QED) is 0.839. The molecule has 2 heteroatoms. The van der Waals surface area contributed by atoms with Crippen LogP contribution in [0.5, 0.6) is 5.75 Å². The van der Waals surface area contributed by atoms with Crippen molar-refractivity contribution in [1.29, 1.82) is 0 Å². The summed E-state index contributed by atoms with van der Waals surface area (Å²) in [6.07, 6.45) is 0.827. The van der Waals surface area contributed by atoms with Crippen molar-refractivity contribution < 1.29 is 4.74 Å². The van der Waals surface area contributed by atoms with Gasteiger partial charge >= 0.3 is 0 Å². The second kappa shape index (κ2) is 6.21. The fraction of sp³-hybridized carbons (Fsp3) is 0.368. The lowest BCUT2D eigenvalue weighted by Crippen LogP contribution is -2.11. The zero-order chi connectivity index (χ0) is 15.5. The Hall–Kier alpha value is -1.96. The largest absolute Gasteiger partial charge is 0.493 e. The Morgan fingerprint density at radius 2 is 1.76 bits per heavy atom. The number of benzene rings is 2. The highest BCUT2D eigenvalue weighted by Gasteiger charge is 2.14. The smallest absolute Gasteiger partial charge is 0.122 e. The first kappa shape index (κ1) is 15.4. The van der Waals surface area contributed by atoms with E-state index in [-0.39, 0.29) is 5.41 Å². The van der Waals surface area contributed by atoms with Gasteiger partial charge in [-0.3, -0.25) is 0 Å². The topological polar surface area (TPSA) is 35.2 Å². The zero-order valence-electron chi connectivity index (χ0n) is 13.4. The van der Waals surface area contributed by atoms with Gasteiger partial charge in [-0.15, -0.1) is 0 Å². The molecule has 0 unspecified atom stereocenters. The lowest BCUT2D eigenvalue weighted by molar-refractivity contribution is 0.319. The second-order valence-corrected chi connectivity index (χ2v) is 6.53. The summed E-state index contributed by atoms with van der Waals surface area (Å²) >= 11 is 0. The minimum absolute atomic E-state index is 0.168. The first-order chi connectivity index (χ1) is 9.88. The van der Waals surface area contributed by atoms with Crippen LogP contribution in [0, 0.1) is 6.92 Å². The summed E-state index contributed by atoms with van der Waals surface area (Å²) in [6, 6.07) is 14.4. The lowest BCUT2D eigenvalue weighted by Gasteiger charge is -2.20. The number of nitrogen functional groups attached to an aromatic ring is 1. The number of anilines is 1. The fourth-order valence-corrected chi connectivity index (χ4v) is 2.31. The van der Waals surface area contributed by atoms with Crippen molar-refractivity contribution >= 4 is 5.69 Å². The molecule has 2 aromatic rings. The minimum Gasteiger partial charge on any atom is -0.493 e. The lowest BCUT2D eigenvalue weighted by atomic mass is 9.86. The number of ether oxygens (including phenoxy) is 1. The predicted molar refractivity (Wildman–Crippen MR) is 89.9 cm³/mol. The molecule has 2 rings (SSSR count). The third-order valence-electron chi connectivity index (χ3n) is 3.73. The van der Waals surface area contributed by atoms with E-state index in [1.54, 1.807) is 0 Å². The Morgan fingerprint density at radius 1 is 1.05 bits per heavy atom. The third-order valence-corrected chi connectivity index (χ3v) is 3.73. The Labute approximate surface area is 127 Å². The second-order valence-electron chi connectivity index (χ2n) is 6.53. The van der Waals surface area contributed by atoms with Gasteiger partial charge in [0, 0.05) is 12.1 Å². The molecule has 21 heavy (non-hydrogen) atoms. The first-order valence-corrected chi connectivity index (χ1v) is 7.45. The van der Waals surface area contributed by atoms with Crippen molar-refractivity contribution in [2.24, 2.45) is 0 Å². The van der Waals surface area contributed by atoms with Crippen LogP contribution in [-0.2, 0) is 11.8 Å². The molecular weight excluding hydrogens is 258 g/mol. The molecule has 0 fully saturated rings. The molecule has 0 saturated heterocycles. The van der Waals surface area contributed by atoms with Gasteiger partial charge in [0.1, 0.15) is 5.75 Å². The standard InChI is InChI=1S/C19H25NO/c1-14-13-16(19(2,3)4)9-10-18(14)21-12-11-15-7-5-6-8-17(15)20/h5-10,13H,11-12,20H2,1-4H3. The maximum atomic E-state index is 5.94. The zero-order valence-corrected chi connectivity index (χ0v) is 13.4. The van der Waals surface area contributed by atoms with Crippen LogP contribution in [0.4, 0.5) is 5.69 Å². The summed E-state index contributed by atoms with van der Waals surface area (Å²) in [4.78, 5) is 0. The van der Waals surface area contributed by atoms with E-state index in [9.17, 15) is 0 Å². The summed E-state index contributed by atoms with van der Waals surface area (Å²) in [5.41, 5.74) is 10.6. The van der Waals surface area contributed by atoms with E-state index in [0.717, 1.165) is 23.4 Å². The van der Waals surface area contributed by atoms with E-state index >= 15 is 0 Å². The SMILES string of the molecule is Cc1cc(C(C)(C)C)ccc1OCCc1ccccc1N. The molecule has 0 bridgehead atoms. The Bertz CT molecular complexity index is 611. The molecule has 0 aliphatic carbocycles. The number of hydrogen-bond donors (Lipinski definition) is 1. The van der Waals surface area contributed by atoms with Crippen molar-refractivity contribution in [2.45, 2.75) is 39.5 Å². The van der Waals surface area contributed by atoms with Gasteiger partial charge in [-0.05, 0) is 41.2 Å². The average molecular weight is 283 g/mol. The Kier molecular flexibility index (Phi) is 4.56. The van der Waals surface area contributed by atoms with Gasteiger partial charge in [-0.25, -0.2) is 0 Å². The highest BCUT2D eigenvalue weighted by Crippen LogP contribution is 2.27. The van der Waals surface area contributed by atoms with E-state index in [0.29, 0.717) is 6.61 Å². The highest BCUT2D eigenvalue weighted by atomic mass is 16.5. The maximum absolute atomic E-state index is 5.94. The van der Waals surface area contributed by atoms with Crippen molar-refractivity contribution in [3.05, 3.63) is 59.2 Å². The van der Waals surface area contributed by atoms with Gasteiger partial charge in [0.05, 0.1) is 6.61 Å². The molecule has 0 amide bonds. The average Bonchev–Trinajstić information content (AvgIpc) is 2.41. The third kappa shape index (κ3) is 4.01. The van der Waals surface area contributed by atoms with E-state index < -0.39 is 0 Å². The van der Waals surface area contributed by atoms with Gasteiger partial charge in [-0.1, -0.05) is 51.1 Å². The van der Waals surface area contributed by atoms with Gasteiger partial charge in [0.2, 0.25) is 0 Å². The number of hydrogen-bond acceptors (Lipinski definition) is 2. The molecule has 0 aliphatic rings.